The molecule has 1 unspecified atom stereocenters. The van der Waals surface area contributed by atoms with Gasteiger partial charge in [0.2, 0.25) is 0 Å². The summed E-state index contributed by atoms with van der Waals surface area (Å²) in [6, 6.07) is 10.4. The van der Waals surface area contributed by atoms with Crippen LogP contribution < -0.4 is 15.8 Å². The van der Waals surface area contributed by atoms with Gasteiger partial charge in [0, 0.05) is 23.2 Å². The fraction of sp³-hybridized carbons (Fsp3) is 0.318. The molecule has 0 radical (unpaired) electrons. The number of aromatic nitrogens is 2. The molecule has 9 heteroatoms. The summed E-state index contributed by atoms with van der Waals surface area (Å²) >= 11 is 0. The third kappa shape index (κ3) is 4.18. The third-order valence-electron chi connectivity index (χ3n) is 5.61. The Morgan fingerprint density at radius 1 is 1.19 bits per heavy atom. The number of carbonyl (C=O) groups is 1. The normalized spacial score (nSPS) is 14.9. The molecule has 1 aliphatic rings. The van der Waals surface area contributed by atoms with Crippen molar-refractivity contribution in [1.82, 2.24) is 10.2 Å². The number of methoxy groups -OCH3 is 1. The Morgan fingerprint density at radius 2 is 1.94 bits per heavy atom. The number of primary amides is 1. The van der Waals surface area contributed by atoms with E-state index < -0.39 is 15.7 Å². The zero-order chi connectivity index (χ0) is 22.3. The summed E-state index contributed by atoms with van der Waals surface area (Å²) in [7, 11) is -1.86. The highest BCUT2D eigenvalue weighted by atomic mass is 32.2. The lowest BCUT2D eigenvalue weighted by atomic mass is 10.0. The second-order valence-electron chi connectivity index (χ2n) is 7.92. The van der Waals surface area contributed by atoms with E-state index in [0.717, 1.165) is 30.0 Å². The fourth-order valence-electron chi connectivity index (χ4n) is 3.68. The molecule has 31 heavy (non-hydrogen) atoms. The van der Waals surface area contributed by atoms with Crippen molar-refractivity contribution in [2.24, 2.45) is 11.7 Å². The number of fused-ring (bicyclic) bond motifs is 1. The molecule has 2 aromatic carbocycles. The lowest BCUT2D eigenvalue weighted by Crippen LogP contribution is -2.23. The predicted octanol–water partition coefficient (Wildman–Crippen LogP) is 3.02. The van der Waals surface area contributed by atoms with Crippen LogP contribution in [-0.2, 0) is 9.84 Å². The zero-order valence-corrected chi connectivity index (χ0v) is 18.4. The van der Waals surface area contributed by atoms with Gasteiger partial charge in [-0.1, -0.05) is 6.07 Å². The van der Waals surface area contributed by atoms with Gasteiger partial charge in [0.05, 0.1) is 23.2 Å². The van der Waals surface area contributed by atoms with Crippen molar-refractivity contribution in [3.05, 3.63) is 42.1 Å². The summed E-state index contributed by atoms with van der Waals surface area (Å²) in [4.78, 5) is 12.1. The number of nitrogens with zero attached hydrogens (tertiary/aromatic N) is 2. The molecule has 1 heterocycles. The molecule has 1 amide bonds. The van der Waals surface area contributed by atoms with Crippen LogP contribution in [0.1, 0.15) is 30.3 Å². The van der Waals surface area contributed by atoms with Gasteiger partial charge in [-0.25, -0.2) is 8.42 Å². The van der Waals surface area contributed by atoms with Crippen molar-refractivity contribution in [3.8, 4) is 16.9 Å². The van der Waals surface area contributed by atoms with E-state index in [1.165, 1.54) is 13.2 Å². The lowest BCUT2D eigenvalue weighted by Gasteiger charge is -2.18. The van der Waals surface area contributed by atoms with Gasteiger partial charge < -0.3 is 15.8 Å². The van der Waals surface area contributed by atoms with Crippen LogP contribution in [0.5, 0.6) is 5.75 Å². The van der Waals surface area contributed by atoms with Crippen LogP contribution in [0.15, 0.2) is 41.3 Å². The molecule has 4 rings (SSSR count). The second-order valence-corrected chi connectivity index (χ2v) is 9.94. The van der Waals surface area contributed by atoms with Gasteiger partial charge in [-0.05, 0) is 61.6 Å². The van der Waals surface area contributed by atoms with Gasteiger partial charge in [-0.2, -0.15) is 0 Å². The van der Waals surface area contributed by atoms with Crippen LogP contribution >= 0.6 is 0 Å². The predicted molar refractivity (Wildman–Crippen MR) is 119 cm³/mol. The molecular weight excluding hydrogens is 416 g/mol. The molecule has 8 nitrogen and oxygen atoms in total. The first kappa shape index (κ1) is 21.0. The Kier molecular flexibility index (Phi) is 5.30. The largest absolute Gasteiger partial charge is 0.496 e. The Bertz CT molecular complexity index is 1290. The first-order valence-corrected chi connectivity index (χ1v) is 11.8. The molecule has 3 N–H and O–H groups in total. The Hall–Kier alpha value is -3.20. The highest BCUT2D eigenvalue weighted by Crippen LogP contribution is 2.37. The number of amides is 1. The van der Waals surface area contributed by atoms with Crippen LogP contribution in [0.25, 0.3) is 22.0 Å². The Labute approximate surface area is 180 Å². The maximum Gasteiger partial charge on any atom is 0.271 e. The maximum absolute atomic E-state index is 12.0. The number of carbonyl (C=O) groups excluding carboxylic acids is 1. The number of rotatable bonds is 7. The topological polar surface area (TPSA) is 124 Å². The summed E-state index contributed by atoms with van der Waals surface area (Å²) < 4.78 is 29.5. The fourth-order valence-corrected chi connectivity index (χ4v) is 4.33. The van der Waals surface area contributed by atoms with Gasteiger partial charge in [0.25, 0.3) is 5.91 Å². The van der Waals surface area contributed by atoms with E-state index in [1.54, 1.807) is 18.2 Å². The summed E-state index contributed by atoms with van der Waals surface area (Å²) in [5, 5.41) is 12.4. The number of nitrogens with two attached hydrogens (primary N) is 1. The molecule has 1 saturated carbocycles. The zero-order valence-electron chi connectivity index (χ0n) is 17.5. The first-order valence-electron chi connectivity index (χ1n) is 9.94. The summed E-state index contributed by atoms with van der Waals surface area (Å²) in [5.74, 6) is 0.451. The maximum atomic E-state index is 12.0. The van der Waals surface area contributed by atoms with Crippen LogP contribution in [0.4, 0.5) is 5.69 Å². The highest BCUT2D eigenvalue weighted by Gasteiger charge is 2.29. The number of benzene rings is 2. The Morgan fingerprint density at radius 3 is 2.55 bits per heavy atom. The molecule has 1 aromatic heterocycles. The van der Waals surface area contributed by atoms with Crippen molar-refractivity contribution < 1.29 is 17.9 Å². The quantitative estimate of drug-likeness (QED) is 0.578. The van der Waals surface area contributed by atoms with E-state index in [1.807, 2.05) is 12.1 Å². The Balaban J connectivity index is 1.86. The van der Waals surface area contributed by atoms with E-state index in [-0.39, 0.29) is 16.6 Å². The molecule has 1 atom stereocenters. The van der Waals surface area contributed by atoms with Gasteiger partial charge in [-0.3, -0.25) is 4.79 Å². The minimum absolute atomic E-state index is 0.101. The van der Waals surface area contributed by atoms with Crippen LogP contribution in [0.3, 0.4) is 0 Å². The van der Waals surface area contributed by atoms with Crippen molar-refractivity contribution in [1.29, 1.82) is 0 Å². The molecule has 0 bridgehead atoms. The van der Waals surface area contributed by atoms with Crippen LogP contribution in [0, 0.1) is 5.92 Å². The van der Waals surface area contributed by atoms with Crippen molar-refractivity contribution in [3.63, 3.8) is 0 Å². The number of ether oxygens (including phenoxy) is 1. The summed E-state index contributed by atoms with van der Waals surface area (Å²) in [6.45, 7) is 2.07. The molecule has 3 aromatic rings. The standard InChI is InChI=1S/C22H24N4O4S/c1-12(13-4-5-13)24-20-16-8-6-14(10-18(16)25-26-21(20)22(23)27)17-11-15(31(3,28)29)7-9-19(17)30-2/h6-13H,4-5H2,1-3H3,(H2,23,27)(H,24,25). The second kappa shape index (κ2) is 7.81. The van der Waals surface area contributed by atoms with E-state index >= 15 is 0 Å². The van der Waals surface area contributed by atoms with E-state index in [2.05, 4.69) is 22.4 Å². The van der Waals surface area contributed by atoms with E-state index in [9.17, 15) is 13.2 Å². The third-order valence-corrected chi connectivity index (χ3v) is 6.72. The van der Waals surface area contributed by atoms with E-state index in [4.69, 9.17) is 10.5 Å². The van der Waals surface area contributed by atoms with Gasteiger partial charge >= 0.3 is 0 Å². The molecule has 1 fully saturated rings. The smallest absolute Gasteiger partial charge is 0.271 e. The molecule has 1 aliphatic carbocycles. The lowest BCUT2D eigenvalue weighted by molar-refractivity contribution is 0.0995. The first-order chi connectivity index (χ1) is 14.7. The number of hydrogen-bond donors (Lipinski definition) is 2. The minimum atomic E-state index is -3.38. The van der Waals surface area contributed by atoms with Gasteiger partial charge in [-0.15, -0.1) is 10.2 Å². The number of sulfone groups is 1. The monoisotopic (exact) mass is 440 g/mol. The number of hydrogen-bond acceptors (Lipinski definition) is 7. The van der Waals surface area contributed by atoms with Gasteiger partial charge in [0.15, 0.2) is 15.5 Å². The van der Waals surface area contributed by atoms with Crippen molar-refractivity contribution in [2.45, 2.75) is 30.7 Å². The number of anilines is 1. The number of nitrogens with one attached hydrogen (secondary N) is 1. The van der Waals surface area contributed by atoms with Crippen molar-refractivity contribution >= 4 is 32.3 Å². The van der Waals surface area contributed by atoms with Crippen LogP contribution in [0.2, 0.25) is 0 Å². The highest BCUT2D eigenvalue weighted by molar-refractivity contribution is 7.90. The average Bonchev–Trinajstić information content (AvgIpc) is 3.57. The van der Waals surface area contributed by atoms with E-state index in [0.29, 0.717) is 28.4 Å². The average molecular weight is 441 g/mol. The SMILES string of the molecule is COc1ccc(S(C)(=O)=O)cc1-c1ccc2c(NC(C)C3CC3)c(C(N)=O)nnc2c1. The molecule has 0 saturated heterocycles. The van der Waals surface area contributed by atoms with Crippen LogP contribution in [-0.4, -0.2) is 43.9 Å². The van der Waals surface area contributed by atoms with Gasteiger partial charge in [0.1, 0.15) is 5.75 Å². The minimum Gasteiger partial charge on any atom is -0.496 e. The molecule has 0 aliphatic heterocycles. The molecule has 162 valence electrons. The molecular formula is C22H24N4O4S. The molecule has 0 spiro atoms. The van der Waals surface area contributed by atoms with Crippen molar-refractivity contribution in [2.75, 3.05) is 18.7 Å². The summed E-state index contributed by atoms with van der Waals surface area (Å²) in [5.41, 5.74) is 8.10. The summed E-state index contributed by atoms with van der Waals surface area (Å²) in [6.07, 6.45) is 3.46.